The van der Waals surface area contributed by atoms with E-state index in [1.54, 1.807) is 12.1 Å². The number of rotatable bonds is 4. The average Bonchev–Trinajstić information content (AvgIpc) is 2.25. The summed E-state index contributed by atoms with van der Waals surface area (Å²) in [7, 11) is 1.53. The van der Waals surface area contributed by atoms with Crippen LogP contribution < -0.4 is 10.1 Å². The summed E-state index contributed by atoms with van der Waals surface area (Å²) in [5, 5.41) is 3.20. The second-order valence-corrected chi connectivity index (χ2v) is 4.49. The summed E-state index contributed by atoms with van der Waals surface area (Å²) in [5.74, 6) is 0.404. The largest absolute Gasteiger partial charge is 0.494 e. The van der Waals surface area contributed by atoms with Gasteiger partial charge in [-0.25, -0.2) is 0 Å². The molecule has 0 aliphatic heterocycles. The predicted molar refractivity (Wildman–Crippen MR) is 68.3 cm³/mol. The minimum absolute atomic E-state index is 0.132. The van der Waals surface area contributed by atoms with Gasteiger partial charge in [0.25, 0.3) is 5.91 Å². The first-order chi connectivity index (χ1) is 7.60. The monoisotopic (exact) mass is 305 g/mol. The highest BCUT2D eigenvalue weighted by molar-refractivity contribution is 9.10. The van der Waals surface area contributed by atoms with Gasteiger partial charge in [-0.2, -0.15) is 0 Å². The third-order valence-electron chi connectivity index (χ3n) is 2.00. The first kappa shape index (κ1) is 13.3. The summed E-state index contributed by atoms with van der Waals surface area (Å²) >= 11 is 9.28. The van der Waals surface area contributed by atoms with Crippen molar-refractivity contribution in [3.63, 3.8) is 0 Å². The van der Waals surface area contributed by atoms with E-state index < -0.39 is 0 Å². The van der Waals surface area contributed by atoms with Crippen LogP contribution in [0.15, 0.2) is 16.6 Å². The van der Waals surface area contributed by atoms with E-state index in [1.165, 1.54) is 7.11 Å². The van der Waals surface area contributed by atoms with E-state index in [0.717, 1.165) is 6.42 Å². The van der Waals surface area contributed by atoms with Gasteiger partial charge < -0.3 is 10.1 Å². The molecule has 0 aliphatic carbocycles. The van der Waals surface area contributed by atoms with Crippen LogP contribution in [-0.4, -0.2) is 19.6 Å². The van der Waals surface area contributed by atoms with Crippen molar-refractivity contribution in [1.82, 2.24) is 5.32 Å². The molecule has 0 aliphatic rings. The Balaban J connectivity index is 2.95. The minimum atomic E-state index is -0.132. The first-order valence-electron chi connectivity index (χ1n) is 4.91. The second-order valence-electron chi connectivity index (χ2n) is 3.23. The Bertz CT molecular complexity index is 373. The molecule has 1 rings (SSSR count). The minimum Gasteiger partial charge on any atom is -0.494 e. The number of amides is 1. The van der Waals surface area contributed by atoms with Crippen LogP contribution in [0.1, 0.15) is 23.7 Å². The summed E-state index contributed by atoms with van der Waals surface area (Å²) in [6.45, 7) is 2.65. The average molecular weight is 307 g/mol. The smallest absolute Gasteiger partial charge is 0.251 e. The van der Waals surface area contributed by atoms with Crippen molar-refractivity contribution in [2.75, 3.05) is 13.7 Å². The standard InChI is InChI=1S/C11H13BrClNO2/c1-3-4-14-11(15)7-5-8(12)10(16-2)9(13)6-7/h5-6H,3-4H2,1-2H3,(H,14,15). The molecular formula is C11H13BrClNO2. The Morgan fingerprint density at radius 3 is 2.75 bits per heavy atom. The molecule has 1 amide bonds. The van der Waals surface area contributed by atoms with Crippen LogP contribution in [0.3, 0.4) is 0 Å². The summed E-state index contributed by atoms with van der Waals surface area (Å²) < 4.78 is 5.75. The molecule has 0 heterocycles. The number of carbonyl (C=O) groups is 1. The van der Waals surface area contributed by atoms with Crippen LogP contribution in [-0.2, 0) is 0 Å². The number of carbonyl (C=O) groups excluding carboxylic acids is 1. The van der Waals surface area contributed by atoms with Gasteiger partial charge >= 0.3 is 0 Å². The van der Waals surface area contributed by atoms with Gasteiger partial charge in [-0.3, -0.25) is 4.79 Å². The lowest BCUT2D eigenvalue weighted by atomic mass is 10.2. The van der Waals surface area contributed by atoms with Crippen molar-refractivity contribution in [2.24, 2.45) is 0 Å². The van der Waals surface area contributed by atoms with E-state index >= 15 is 0 Å². The topological polar surface area (TPSA) is 38.3 Å². The van der Waals surface area contributed by atoms with Gasteiger partial charge in [0.2, 0.25) is 0 Å². The molecule has 1 aromatic rings. The molecule has 0 unspecified atom stereocenters. The van der Waals surface area contributed by atoms with Gasteiger partial charge in [-0.05, 0) is 34.5 Å². The van der Waals surface area contributed by atoms with Crippen LogP contribution in [0.25, 0.3) is 0 Å². The van der Waals surface area contributed by atoms with Crippen LogP contribution in [0.2, 0.25) is 5.02 Å². The Hall–Kier alpha value is -0.740. The van der Waals surface area contributed by atoms with E-state index in [1.807, 2.05) is 6.92 Å². The predicted octanol–water partition coefficient (Wildman–Crippen LogP) is 3.25. The summed E-state index contributed by atoms with van der Waals surface area (Å²) in [5.41, 5.74) is 0.520. The normalized spacial score (nSPS) is 10.0. The van der Waals surface area contributed by atoms with Crippen molar-refractivity contribution in [3.8, 4) is 5.75 Å². The zero-order valence-electron chi connectivity index (χ0n) is 9.14. The highest BCUT2D eigenvalue weighted by Crippen LogP contribution is 2.33. The van der Waals surface area contributed by atoms with E-state index in [2.05, 4.69) is 21.2 Å². The van der Waals surface area contributed by atoms with Gasteiger partial charge in [-0.15, -0.1) is 0 Å². The van der Waals surface area contributed by atoms with Gasteiger partial charge in [0.1, 0.15) is 0 Å². The summed E-state index contributed by atoms with van der Waals surface area (Å²) in [6, 6.07) is 3.28. The van der Waals surface area contributed by atoms with Crippen LogP contribution in [0, 0.1) is 0 Å². The van der Waals surface area contributed by atoms with Crippen molar-refractivity contribution in [3.05, 3.63) is 27.2 Å². The Kier molecular flexibility index (Phi) is 5.09. The molecule has 88 valence electrons. The fraction of sp³-hybridized carbons (Fsp3) is 0.364. The maximum Gasteiger partial charge on any atom is 0.251 e. The number of hydrogen-bond donors (Lipinski definition) is 1. The van der Waals surface area contributed by atoms with Crippen LogP contribution in [0.4, 0.5) is 0 Å². The number of benzene rings is 1. The Morgan fingerprint density at radius 2 is 2.25 bits per heavy atom. The van der Waals surface area contributed by atoms with E-state index in [0.29, 0.717) is 27.4 Å². The molecule has 0 bridgehead atoms. The molecule has 5 heteroatoms. The third kappa shape index (κ3) is 3.12. The van der Waals surface area contributed by atoms with E-state index in [-0.39, 0.29) is 5.91 Å². The molecule has 0 aromatic heterocycles. The highest BCUT2D eigenvalue weighted by Gasteiger charge is 2.12. The number of ether oxygens (including phenoxy) is 1. The maximum absolute atomic E-state index is 11.7. The zero-order chi connectivity index (χ0) is 12.1. The maximum atomic E-state index is 11.7. The van der Waals surface area contributed by atoms with Crippen molar-refractivity contribution >= 4 is 33.4 Å². The van der Waals surface area contributed by atoms with Crippen molar-refractivity contribution in [2.45, 2.75) is 13.3 Å². The molecule has 0 saturated carbocycles. The quantitative estimate of drug-likeness (QED) is 0.927. The number of hydrogen-bond acceptors (Lipinski definition) is 2. The summed E-state index contributed by atoms with van der Waals surface area (Å²) in [6.07, 6.45) is 0.900. The fourth-order valence-corrected chi connectivity index (χ4v) is 2.26. The van der Waals surface area contributed by atoms with Gasteiger partial charge in [-0.1, -0.05) is 18.5 Å². The number of methoxy groups -OCH3 is 1. The lowest BCUT2D eigenvalue weighted by Crippen LogP contribution is -2.23. The second kappa shape index (κ2) is 6.11. The van der Waals surface area contributed by atoms with Crippen molar-refractivity contribution in [1.29, 1.82) is 0 Å². The molecule has 3 nitrogen and oxygen atoms in total. The zero-order valence-corrected chi connectivity index (χ0v) is 11.5. The lowest BCUT2D eigenvalue weighted by molar-refractivity contribution is 0.0953. The number of halogens is 2. The molecule has 0 radical (unpaired) electrons. The SMILES string of the molecule is CCCNC(=O)c1cc(Cl)c(OC)c(Br)c1. The molecule has 0 saturated heterocycles. The molecule has 1 N–H and O–H groups in total. The lowest BCUT2D eigenvalue weighted by Gasteiger charge is -2.09. The third-order valence-corrected chi connectivity index (χ3v) is 2.87. The molecule has 1 aromatic carbocycles. The molecule has 0 spiro atoms. The van der Waals surface area contributed by atoms with Gasteiger partial charge in [0.05, 0.1) is 16.6 Å². The molecule has 16 heavy (non-hydrogen) atoms. The summed E-state index contributed by atoms with van der Waals surface area (Å²) in [4.78, 5) is 11.7. The van der Waals surface area contributed by atoms with E-state index in [4.69, 9.17) is 16.3 Å². The Morgan fingerprint density at radius 1 is 1.56 bits per heavy atom. The van der Waals surface area contributed by atoms with Gasteiger partial charge in [0, 0.05) is 12.1 Å². The molecule has 0 atom stereocenters. The first-order valence-corrected chi connectivity index (χ1v) is 6.08. The van der Waals surface area contributed by atoms with Crippen LogP contribution in [0.5, 0.6) is 5.75 Å². The van der Waals surface area contributed by atoms with Crippen LogP contribution >= 0.6 is 27.5 Å². The number of nitrogens with one attached hydrogen (secondary N) is 1. The molecular weight excluding hydrogens is 293 g/mol. The fourth-order valence-electron chi connectivity index (χ4n) is 1.23. The molecule has 0 fully saturated rings. The van der Waals surface area contributed by atoms with Crippen molar-refractivity contribution < 1.29 is 9.53 Å². The van der Waals surface area contributed by atoms with Gasteiger partial charge in [0.15, 0.2) is 5.75 Å². The highest BCUT2D eigenvalue weighted by atomic mass is 79.9. The van der Waals surface area contributed by atoms with E-state index in [9.17, 15) is 4.79 Å². The Labute approximate surface area is 108 Å².